The Labute approximate surface area is 106 Å². The summed E-state index contributed by atoms with van der Waals surface area (Å²) in [5.74, 6) is -1.20. The number of rotatable bonds is 4. The average molecular weight is 297 g/mol. The van der Waals surface area contributed by atoms with E-state index in [4.69, 9.17) is 5.14 Å². The molecule has 3 N–H and O–H groups in total. The Kier molecular flexibility index (Phi) is 4.48. The number of amides is 1. The van der Waals surface area contributed by atoms with Gasteiger partial charge in [0, 0.05) is 12.7 Å². The number of primary sulfonamides is 1. The summed E-state index contributed by atoms with van der Waals surface area (Å²) in [5, 5.41) is 6.91. The zero-order valence-electron chi connectivity index (χ0n) is 9.44. The molecule has 0 aliphatic rings. The number of aromatic nitrogens is 1. The number of nitrogens with zero attached hydrogens (tertiary/aromatic N) is 1. The highest BCUT2D eigenvalue weighted by Crippen LogP contribution is 2.27. The Morgan fingerprint density at radius 1 is 1.37 bits per heavy atom. The molecule has 10 heteroatoms. The Morgan fingerprint density at radius 3 is 2.42 bits per heavy atom. The van der Waals surface area contributed by atoms with Crippen LogP contribution in [-0.2, 0) is 16.2 Å². The molecular formula is C9H10F3N3O3S. The van der Waals surface area contributed by atoms with E-state index in [9.17, 15) is 26.4 Å². The maximum atomic E-state index is 12.2. The Morgan fingerprint density at radius 2 is 2.00 bits per heavy atom. The molecule has 0 saturated carbocycles. The second-order valence-corrected chi connectivity index (χ2v) is 5.29. The molecule has 0 aromatic carbocycles. The van der Waals surface area contributed by atoms with Crippen LogP contribution < -0.4 is 10.5 Å². The molecule has 0 aliphatic carbocycles. The Hall–Kier alpha value is -1.68. The van der Waals surface area contributed by atoms with Crippen LogP contribution in [0.1, 0.15) is 16.1 Å². The highest BCUT2D eigenvalue weighted by molar-refractivity contribution is 7.89. The number of halogens is 3. The van der Waals surface area contributed by atoms with Gasteiger partial charge in [-0.05, 0) is 12.1 Å². The SMILES string of the molecule is NS(=O)(=O)CCNC(=O)c1ccc(C(F)(F)F)nc1. The molecule has 1 aromatic rings. The minimum Gasteiger partial charge on any atom is -0.351 e. The van der Waals surface area contributed by atoms with E-state index >= 15 is 0 Å². The highest BCUT2D eigenvalue weighted by atomic mass is 32.2. The number of nitrogens with one attached hydrogen (secondary N) is 1. The van der Waals surface area contributed by atoms with Crippen molar-refractivity contribution < 1.29 is 26.4 Å². The van der Waals surface area contributed by atoms with Gasteiger partial charge in [0.2, 0.25) is 10.0 Å². The fourth-order valence-corrected chi connectivity index (χ4v) is 1.49. The molecule has 0 atom stereocenters. The van der Waals surface area contributed by atoms with Gasteiger partial charge in [-0.1, -0.05) is 0 Å². The minimum absolute atomic E-state index is 0.109. The van der Waals surface area contributed by atoms with Crippen molar-refractivity contribution in [3.05, 3.63) is 29.6 Å². The molecule has 0 unspecified atom stereocenters. The second kappa shape index (κ2) is 5.53. The smallest absolute Gasteiger partial charge is 0.351 e. The lowest BCUT2D eigenvalue weighted by Gasteiger charge is -2.07. The molecule has 19 heavy (non-hydrogen) atoms. The molecular weight excluding hydrogens is 287 g/mol. The van der Waals surface area contributed by atoms with Crippen LogP contribution in [0, 0.1) is 0 Å². The number of hydrogen-bond acceptors (Lipinski definition) is 4. The standard InChI is InChI=1S/C9H10F3N3O3S/c10-9(11,12)7-2-1-6(5-15-7)8(16)14-3-4-19(13,17)18/h1-2,5H,3-4H2,(H,14,16)(H2,13,17,18). The third-order valence-corrected chi connectivity index (χ3v) is 2.76. The van der Waals surface area contributed by atoms with E-state index < -0.39 is 33.6 Å². The van der Waals surface area contributed by atoms with Crippen LogP contribution in [0.3, 0.4) is 0 Å². The van der Waals surface area contributed by atoms with E-state index in [2.05, 4.69) is 10.3 Å². The summed E-state index contributed by atoms with van der Waals surface area (Å²) in [6, 6.07) is 1.61. The largest absolute Gasteiger partial charge is 0.433 e. The molecule has 6 nitrogen and oxygen atoms in total. The molecule has 0 spiro atoms. The van der Waals surface area contributed by atoms with Gasteiger partial charge in [-0.25, -0.2) is 13.6 Å². The summed E-state index contributed by atoms with van der Waals surface area (Å²) >= 11 is 0. The van der Waals surface area contributed by atoms with Gasteiger partial charge < -0.3 is 5.32 Å². The topological polar surface area (TPSA) is 102 Å². The first-order valence-electron chi connectivity index (χ1n) is 4.91. The van der Waals surface area contributed by atoms with Gasteiger partial charge in [0.15, 0.2) is 0 Å². The van der Waals surface area contributed by atoms with E-state index in [0.717, 1.165) is 12.3 Å². The molecule has 1 rings (SSSR count). The number of hydrogen-bond donors (Lipinski definition) is 2. The molecule has 1 amide bonds. The van der Waals surface area contributed by atoms with E-state index in [1.165, 1.54) is 0 Å². The van der Waals surface area contributed by atoms with Crippen molar-refractivity contribution >= 4 is 15.9 Å². The number of pyridine rings is 1. The fourth-order valence-electron chi connectivity index (χ4n) is 1.10. The summed E-state index contributed by atoms with van der Waals surface area (Å²) in [6.45, 7) is -0.237. The average Bonchev–Trinajstić information content (AvgIpc) is 2.26. The van der Waals surface area contributed by atoms with Crippen LogP contribution in [0.5, 0.6) is 0 Å². The van der Waals surface area contributed by atoms with Gasteiger partial charge in [0.1, 0.15) is 5.69 Å². The van der Waals surface area contributed by atoms with Crippen molar-refractivity contribution in [1.29, 1.82) is 0 Å². The summed E-state index contributed by atoms with van der Waals surface area (Å²) in [7, 11) is -3.71. The van der Waals surface area contributed by atoms with Crippen LogP contribution in [-0.4, -0.2) is 31.6 Å². The molecule has 106 valence electrons. The van der Waals surface area contributed by atoms with Crippen LogP contribution in [0.2, 0.25) is 0 Å². The van der Waals surface area contributed by atoms with Crippen molar-refractivity contribution in [3.63, 3.8) is 0 Å². The summed E-state index contributed by atoms with van der Waals surface area (Å²) < 4.78 is 57.8. The van der Waals surface area contributed by atoms with Crippen LogP contribution in [0.15, 0.2) is 18.3 Å². The number of nitrogens with two attached hydrogens (primary N) is 1. The lowest BCUT2D eigenvalue weighted by molar-refractivity contribution is -0.141. The molecule has 0 saturated heterocycles. The number of carbonyl (C=O) groups excluding carboxylic acids is 1. The first-order chi connectivity index (χ1) is 8.59. The lowest BCUT2D eigenvalue weighted by Crippen LogP contribution is -2.31. The van der Waals surface area contributed by atoms with Crippen molar-refractivity contribution in [3.8, 4) is 0 Å². The van der Waals surface area contributed by atoms with Crippen LogP contribution in [0.4, 0.5) is 13.2 Å². The molecule has 0 fully saturated rings. The monoisotopic (exact) mass is 297 g/mol. The van der Waals surface area contributed by atoms with E-state index in [-0.39, 0.29) is 12.1 Å². The summed E-state index contributed by atoms with van der Waals surface area (Å²) in [5.41, 5.74) is -1.23. The first kappa shape index (κ1) is 15.4. The Balaban J connectivity index is 2.64. The van der Waals surface area contributed by atoms with Gasteiger partial charge in [0.05, 0.1) is 11.3 Å². The van der Waals surface area contributed by atoms with Crippen molar-refractivity contribution in [2.45, 2.75) is 6.18 Å². The lowest BCUT2D eigenvalue weighted by atomic mass is 10.2. The van der Waals surface area contributed by atoms with Crippen LogP contribution in [0.25, 0.3) is 0 Å². The minimum atomic E-state index is -4.58. The van der Waals surface area contributed by atoms with Crippen molar-refractivity contribution in [2.75, 3.05) is 12.3 Å². The highest BCUT2D eigenvalue weighted by Gasteiger charge is 2.32. The number of sulfonamides is 1. The zero-order chi connectivity index (χ0) is 14.7. The van der Waals surface area contributed by atoms with Crippen molar-refractivity contribution in [1.82, 2.24) is 10.3 Å². The van der Waals surface area contributed by atoms with Crippen molar-refractivity contribution in [2.24, 2.45) is 5.14 Å². The third kappa shape index (κ3) is 5.22. The zero-order valence-corrected chi connectivity index (χ0v) is 10.3. The fraction of sp³-hybridized carbons (Fsp3) is 0.333. The van der Waals surface area contributed by atoms with Gasteiger partial charge >= 0.3 is 6.18 Å². The molecule has 0 bridgehead atoms. The van der Waals surface area contributed by atoms with Gasteiger partial charge in [-0.3, -0.25) is 9.78 Å². The normalized spacial score (nSPS) is 12.2. The molecule has 0 aliphatic heterocycles. The summed E-state index contributed by atoms with van der Waals surface area (Å²) in [4.78, 5) is 14.5. The van der Waals surface area contributed by atoms with Gasteiger partial charge in [-0.2, -0.15) is 13.2 Å². The quantitative estimate of drug-likeness (QED) is 0.824. The summed E-state index contributed by atoms with van der Waals surface area (Å²) in [6.07, 6.45) is -3.82. The van der Waals surface area contributed by atoms with E-state index in [1.54, 1.807) is 0 Å². The van der Waals surface area contributed by atoms with E-state index in [1.807, 2.05) is 0 Å². The van der Waals surface area contributed by atoms with Gasteiger partial charge in [-0.15, -0.1) is 0 Å². The predicted molar refractivity (Wildman–Crippen MR) is 59.5 cm³/mol. The predicted octanol–water partition coefficient (Wildman–Crippen LogP) is 0.119. The van der Waals surface area contributed by atoms with E-state index in [0.29, 0.717) is 6.07 Å². The first-order valence-corrected chi connectivity index (χ1v) is 6.63. The van der Waals surface area contributed by atoms with Crippen LogP contribution >= 0.6 is 0 Å². The molecule has 0 radical (unpaired) electrons. The molecule has 1 heterocycles. The second-order valence-electron chi connectivity index (χ2n) is 3.55. The number of alkyl halides is 3. The third-order valence-electron chi connectivity index (χ3n) is 1.99. The maximum Gasteiger partial charge on any atom is 0.433 e. The maximum absolute atomic E-state index is 12.2. The Bertz CT molecular complexity index is 554. The molecule has 1 aromatic heterocycles. The van der Waals surface area contributed by atoms with Gasteiger partial charge in [0.25, 0.3) is 5.91 Å². The number of carbonyl (C=O) groups is 1.